The molecule has 0 fully saturated rings. The fourth-order valence-corrected chi connectivity index (χ4v) is 2.30. The zero-order valence-electron chi connectivity index (χ0n) is 12.8. The maximum Gasteiger partial charge on any atom is 0.427 e. The van der Waals surface area contributed by atoms with Crippen LogP contribution in [0.4, 0.5) is 0 Å². The molecule has 24 heavy (non-hydrogen) atoms. The molecule has 7 heteroatoms. The lowest BCUT2D eigenvalue weighted by atomic mass is 10.1. The van der Waals surface area contributed by atoms with Crippen molar-refractivity contribution in [2.24, 2.45) is 10.2 Å². The first-order chi connectivity index (χ1) is 11.6. The van der Waals surface area contributed by atoms with Gasteiger partial charge in [-0.2, -0.15) is 10.2 Å². The Bertz CT molecular complexity index is 938. The minimum absolute atomic E-state index is 0.431. The lowest BCUT2D eigenvalue weighted by molar-refractivity contribution is -0.670. The molecule has 0 radical (unpaired) electrons. The number of H-pyrrole nitrogens is 1. The van der Waals surface area contributed by atoms with Gasteiger partial charge in [0, 0.05) is 16.6 Å². The first-order valence-corrected chi connectivity index (χ1v) is 7.95. The standard InChI is InChI=1S/C17H13BrN4O2/c1-12(20-19-10-13-2-6-15(18)7-3-13)14-4-8-16(9-5-14)22-11-17(23)24-21-22/h2-11H,1H3/p+1/b19-10+,20-12+. The molecule has 2 aromatic carbocycles. The average Bonchev–Trinajstić information content (AvgIpc) is 3.03. The fourth-order valence-electron chi connectivity index (χ4n) is 2.03. The zero-order valence-corrected chi connectivity index (χ0v) is 14.4. The molecule has 0 saturated heterocycles. The average molecular weight is 386 g/mol. The summed E-state index contributed by atoms with van der Waals surface area (Å²) in [6, 6.07) is 15.3. The molecule has 1 N–H and O–H groups in total. The Morgan fingerprint density at radius 1 is 1.17 bits per heavy atom. The van der Waals surface area contributed by atoms with E-state index in [1.54, 1.807) is 6.21 Å². The van der Waals surface area contributed by atoms with Crippen molar-refractivity contribution in [1.29, 1.82) is 0 Å². The minimum Gasteiger partial charge on any atom is -0.283 e. The van der Waals surface area contributed by atoms with Crippen LogP contribution in [0.25, 0.3) is 5.69 Å². The summed E-state index contributed by atoms with van der Waals surface area (Å²) in [7, 11) is 0. The van der Waals surface area contributed by atoms with E-state index in [0.29, 0.717) is 0 Å². The van der Waals surface area contributed by atoms with Crippen LogP contribution in [-0.2, 0) is 0 Å². The lowest BCUT2D eigenvalue weighted by Gasteiger charge is -1.98. The Kier molecular flexibility index (Phi) is 4.81. The molecular weight excluding hydrogens is 372 g/mol. The van der Waals surface area contributed by atoms with Crippen LogP contribution in [0.5, 0.6) is 0 Å². The normalized spacial score (nSPS) is 12.0. The monoisotopic (exact) mass is 385 g/mol. The molecule has 120 valence electrons. The molecule has 1 heterocycles. The number of aromatic amines is 1. The van der Waals surface area contributed by atoms with E-state index in [1.165, 1.54) is 10.9 Å². The van der Waals surface area contributed by atoms with Crippen molar-refractivity contribution in [3.05, 3.63) is 80.7 Å². The van der Waals surface area contributed by atoms with Crippen LogP contribution in [0, 0.1) is 0 Å². The van der Waals surface area contributed by atoms with Gasteiger partial charge in [-0.3, -0.25) is 4.52 Å². The molecule has 1 aromatic heterocycles. The molecule has 6 nitrogen and oxygen atoms in total. The van der Waals surface area contributed by atoms with Gasteiger partial charge < -0.3 is 0 Å². The van der Waals surface area contributed by atoms with Crippen LogP contribution in [0.15, 0.2) is 78.7 Å². The second-order valence-corrected chi connectivity index (χ2v) is 5.96. The Balaban J connectivity index is 1.73. The third-order valence-corrected chi connectivity index (χ3v) is 3.86. The number of nitrogens with zero attached hydrogens (tertiary/aromatic N) is 3. The van der Waals surface area contributed by atoms with Gasteiger partial charge in [0.25, 0.3) is 6.20 Å². The number of hydrogen-bond acceptors (Lipinski definition) is 4. The summed E-state index contributed by atoms with van der Waals surface area (Å²) in [4.78, 5) is 11.0. The van der Waals surface area contributed by atoms with Gasteiger partial charge >= 0.3 is 5.63 Å². The van der Waals surface area contributed by atoms with Gasteiger partial charge in [0.15, 0.2) is 0 Å². The number of halogens is 1. The number of aromatic nitrogens is 2. The van der Waals surface area contributed by atoms with E-state index in [-0.39, 0.29) is 0 Å². The Hall–Kier alpha value is -2.80. The predicted molar refractivity (Wildman–Crippen MR) is 94.8 cm³/mol. The summed E-state index contributed by atoms with van der Waals surface area (Å²) in [5.41, 5.74) is 3.07. The predicted octanol–water partition coefficient (Wildman–Crippen LogP) is 2.85. The number of hydrogen-bond donors (Lipinski definition) is 1. The number of rotatable bonds is 4. The van der Waals surface area contributed by atoms with Gasteiger partial charge in [-0.05, 0) is 52.3 Å². The Morgan fingerprint density at radius 2 is 1.88 bits per heavy atom. The highest BCUT2D eigenvalue weighted by Gasteiger charge is 2.10. The van der Waals surface area contributed by atoms with Crippen molar-refractivity contribution < 1.29 is 9.20 Å². The maximum absolute atomic E-state index is 11.0. The van der Waals surface area contributed by atoms with E-state index >= 15 is 0 Å². The summed E-state index contributed by atoms with van der Waals surface area (Å²) >= 11 is 3.39. The van der Waals surface area contributed by atoms with E-state index in [9.17, 15) is 4.79 Å². The van der Waals surface area contributed by atoms with Crippen molar-refractivity contribution in [3.8, 4) is 5.69 Å². The molecule has 0 aliphatic carbocycles. The van der Waals surface area contributed by atoms with Gasteiger partial charge in [-0.1, -0.05) is 28.1 Å². The molecule has 3 rings (SSSR count). The van der Waals surface area contributed by atoms with E-state index in [4.69, 9.17) is 0 Å². The summed E-state index contributed by atoms with van der Waals surface area (Å²) in [6.07, 6.45) is 3.04. The van der Waals surface area contributed by atoms with Crippen molar-refractivity contribution >= 4 is 27.9 Å². The smallest absolute Gasteiger partial charge is 0.283 e. The molecule has 0 amide bonds. The third-order valence-electron chi connectivity index (χ3n) is 3.33. The van der Waals surface area contributed by atoms with Crippen LogP contribution < -0.4 is 10.3 Å². The molecule has 0 saturated carbocycles. The Labute approximate surface area is 146 Å². The molecule has 0 aliphatic rings. The quantitative estimate of drug-likeness (QED) is 0.425. The van der Waals surface area contributed by atoms with E-state index < -0.39 is 5.63 Å². The molecule has 0 spiro atoms. The summed E-state index contributed by atoms with van der Waals surface area (Å²) in [6.45, 7) is 1.89. The van der Waals surface area contributed by atoms with Gasteiger partial charge in [0.05, 0.1) is 11.9 Å². The van der Waals surface area contributed by atoms with E-state index in [0.717, 1.165) is 27.0 Å². The number of benzene rings is 2. The van der Waals surface area contributed by atoms with E-state index in [2.05, 4.69) is 35.9 Å². The summed E-state index contributed by atoms with van der Waals surface area (Å²) in [5.74, 6) is 0. The van der Waals surface area contributed by atoms with Crippen molar-refractivity contribution in [2.75, 3.05) is 0 Å². The SMILES string of the molecule is C/C(=N\N=C\c1ccc(Br)cc1)c1ccc(-[n+]2cc(=O)o[nH]2)cc1. The molecule has 0 bridgehead atoms. The highest BCUT2D eigenvalue weighted by atomic mass is 79.9. The van der Waals surface area contributed by atoms with Crippen molar-refractivity contribution in [3.63, 3.8) is 0 Å². The molecule has 0 unspecified atom stereocenters. The number of nitrogens with one attached hydrogen (secondary N) is 1. The third kappa shape index (κ3) is 3.94. The summed E-state index contributed by atoms with van der Waals surface area (Å²) < 4.78 is 7.16. The first kappa shape index (κ1) is 16.1. The highest BCUT2D eigenvalue weighted by Crippen LogP contribution is 2.09. The van der Waals surface area contributed by atoms with Gasteiger partial charge in [0.2, 0.25) is 5.69 Å². The van der Waals surface area contributed by atoms with Gasteiger partial charge in [-0.25, -0.2) is 4.79 Å². The van der Waals surface area contributed by atoms with Crippen LogP contribution in [0.2, 0.25) is 0 Å². The largest absolute Gasteiger partial charge is 0.427 e. The molecule has 0 atom stereocenters. The van der Waals surface area contributed by atoms with Crippen molar-refractivity contribution in [2.45, 2.75) is 6.92 Å². The Morgan fingerprint density at radius 3 is 2.50 bits per heavy atom. The fraction of sp³-hybridized carbons (Fsp3) is 0.0588. The summed E-state index contributed by atoms with van der Waals surface area (Å²) in [5, 5.41) is 10.8. The van der Waals surface area contributed by atoms with Crippen LogP contribution >= 0.6 is 15.9 Å². The molecule has 0 aliphatic heterocycles. The second kappa shape index (κ2) is 7.18. The minimum atomic E-state index is -0.431. The van der Waals surface area contributed by atoms with Crippen LogP contribution in [-0.4, -0.2) is 17.2 Å². The van der Waals surface area contributed by atoms with Crippen molar-refractivity contribution in [1.82, 2.24) is 5.27 Å². The van der Waals surface area contributed by atoms with Gasteiger partial charge in [0.1, 0.15) is 0 Å². The maximum atomic E-state index is 11.0. The van der Waals surface area contributed by atoms with Crippen LogP contribution in [0.3, 0.4) is 0 Å². The highest BCUT2D eigenvalue weighted by molar-refractivity contribution is 9.10. The first-order valence-electron chi connectivity index (χ1n) is 7.16. The lowest BCUT2D eigenvalue weighted by Crippen LogP contribution is -2.32. The van der Waals surface area contributed by atoms with E-state index in [1.807, 2.05) is 55.5 Å². The zero-order chi connectivity index (χ0) is 16.9. The topological polar surface area (TPSA) is 74.6 Å². The molecule has 3 aromatic rings. The second-order valence-electron chi connectivity index (χ2n) is 5.04. The molecular formula is C17H14BrN4O2+. The van der Waals surface area contributed by atoms with Gasteiger partial charge in [-0.15, -0.1) is 0 Å². The van der Waals surface area contributed by atoms with Crippen LogP contribution in [0.1, 0.15) is 18.1 Å².